The minimum atomic E-state index is 0.518. The van der Waals surface area contributed by atoms with E-state index in [9.17, 15) is 5.26 Å². The van der Waals surface area contributed by atoms with Crippen molar-refractivity contribution < 1.29 is 0 Å². The van der Waals surface area contributed by atoms with Gasteiger partial charge in [0.15, 0.2) is 5.82 Å². The van der Waals surface area contributed by atoms with Crippen molar-refractivity contribution in [2.75, 3.05) is 5.32 Å². The van der Waals surface area contributed by atoms with Gasteiger partial charge in [0.05, 0.1) is 5.69 Å². The standard InChI is InChI=1S/C22H16N4/c23-16-20-21(17-10-4-1-5-11-17)25-26(19-14-8-3-9-15-19)22(20)24-18-12-6-2-7-13-18/h1-15,24H. The number of nitrogens with one attached hydrogen (secondary N) is 1. The minimum absolute atomic E-state index is 0.518. The molecule has 1 heterocycles. The average molecular weight is 336 g/mol. The van der Waals surface area contributed by atoms with Gasteiger partial charge in [-0.15, -0.1) is 0 Å². The van der Waals surface area contributed by atoms with Crippen LogP contribution in [0.1, 0.15) is 5.56 Å². The van der Waals surface area contributed by atoms with E-state index in [2.05, 4.69) is 11.4 Å². The maximum atomic E-state index is 9.86. The summed E-state index contributed by atoms with van der Waals surface area (Å²) in [5, 5.41) is 18.0. The van der Waals surface area contributed by atoms with Gasteiger partial charge in [0, 0.05) is 11.3 Å². The van der Waals surface area contributed by atoms with E-state index in [4.69, 9.17) is 5.10 Å². The Morgan fingerprint density at radius 3 is 1.96 bits per heavy atom. The monoisotopic (exact) mass is 336 g/mol. The first-order valence-electron chi connectivity index (χ1n) is 8.33. The molecule has 0 amide bonds. The van der Waals surface area contributed by atoms with E-state index in [0.29, 0.717) is 17.1 Å². The second kappa shape index (κ2) is 6.96. The largest absolute Gasteiger partial charge is 0.339 e. The number of hydrogen-bond donors (Lipinski definition) is 1. The lowest BCUT2D eigenvalue weighted by Crippen LogP contribution is -2.03. The van der Waals surface area contributed by atoms with Crippen LogP contribution in [-0.2, 0) is 0 Å². The highest BCUT2D eigenvalue weighted by Crippen LogP contribution is 2.32. The molecule has 0 unspecified atom stereocenters. The van der Waals surface area contributed by atoms with Crippen molar-refractivity contribution in [2.45, 2.75) is 0 Å². The number of nitriles is 1. The van der Waals surface area contributed by atoms with Crippen molar-refractivity contribution in [3.05, 3.63) is 96.6 Å². The van der Waals surface area contributed by atoms with E-state index < -0.39 is 0 Å². The molecular weight excluding hydrogens is 320 g/mol. The molecule has 4 aromatic rings. The zero-order chi connectivity index (χ0) is 17.8. The predicted molar refractivity (Wildman–Crippen MR) is 103 cm³/mol. The van der Waals surface area contributed by atoms with E-state index >= 15 is 0 Å². The van der Waals surface area contributed by atoms with Crippen molar-refractivity contribution in [2.24, 2.45) is 0 Å². The normalized spacial score (nSPS) is 10.3. The Hall–Kier alpha value is -3.84. The fourth-order valence-electron chi connectivity index (χ4n) is 2.85. The van der Waals surface area contributed by atoms with Crippen LogP contribution < -0.4 is 5.32 Å². The number of anilines is 2. The Morgan fingerprint density at radius 1 is 0.769 bits per heavy atom. The van der Waals surface area contributed by atoms with Crippen LogP contribution in [0.4, 0.5) is 11.5 Å². The van der Waals surface area contributed by atoms with Crippen molar-refractivity contribution in [1.29, 1.82) is 5.26 Å². The van der Waals surface area contributed by atoms with Gasteiger partial charge in [-0.05, 0) is 24.3 Å². The van der Waals surface area contributed by atoms with Gasteiger partial charge in [-0.1, -0.05) is 66.7 Å². The molecule has 0 atom stereocenters. The van der Waals surface area contributed by atoms with Gasteiger partial charge in [0.1, 0.15) is 17.3 Å². The van der Waals surface area contributed by atoms with Gasteiger partial charge in [0.2, 0.25) is 0 Å². The Kier molecular flexibility index (Phi) is 4.19. The Labute approximate surface area is 152 Å². The highest BCUT2D eigenvalue weighted by atomic mass is 15.3. The van der Waals surface area contributed by atoms with Gasteiger partial charge in [-0.2, -0.15) is 10.4 Å². The molecular formula is C22H16N4. The Morgan fingerprint density at radius 2 is 1.35 bits per heavy atom. The summed E-state index contributed by atoms with van der Waals surface area (Å²) in [5.74, 6) is 0.656. The molecule has 124 valence electrons. The molecule has 3 aromatic carbocycles. The van der Waals surface area contributed by atoms with Crippen molar-refractivity contribution in [1.82, 2.24) is 9.78 Å². The zero-order valence-electron chi connectivity index (χ0n) is 14.0. The Bertz CT molecular complexity index is 1050. The van der Waals surface area contributed by atoms with Crippen LogP contribution in [0.2, 0.25) is 0 Å². The summed E-state index contributed by atoms with van der Waals surface area (Å²) in [6.07, 6.45) is 0. The van der Waals surface area contributed by atoms with E-state index in [1.807, 2.05) is 91.0 Å². The summed E-state index contributed by atoms with van der Waals surface area (Å²) < 4.78 is 1.79. The van der Waals surface area contributed by atoms with Crippen LogP contribution in [-0.4, -0.2) is 9.78 Å². The third kappa shape index (κ3) is 2.94. The predicted octanol–water partition coefficient (Wildman–Crippen LogP) is 5.15. The lowest BCUT2D eigenvalue weighted by atomic mass is 10.1. The third-order valence-corrected chi connectivity index (χ3v) is 4.08. The number of nitrogens with zero attached hydrogens (tertiary/aromatic N) is 3. The topological polar surface area (TPSA) is 53.6 Å². The number of para-hydroxylation sites is 2. The second-order valence-electron chi connectivity index (χ2n) is 5.79. The Balaban J connectivity index is 1.92. The maximum absolute atomic E-state index is 9.86. The molecule has 0 spiro atoms. The van der Waals surface area contributed by atoms with Crippen LogP contribution in [0.5, 0.6) is 0 Å². The SMILES string of the molecule is N#Cc1c(-c2ccccc2)nn(-c2ccccc2)c1Nc1ccccc1. The molecule has 0 aliphatic heterocycles. The molecule has 0 fully saturated rings. The van der Waals surface area contributed by atoms with Gasteiger partial charge in [-0.3, -0.25) is 0 Å². The van der Waals surface area contributed by atoms with Crippen LogP contribution >= 0.6 is 0 Å². The van der Waals surface area contributed by atoms with Crippen molar-refractivity contribution in [3.8, 4) is 23.0 Å². The van der Waals surface area contributed by atoms with Crippen molar-refractivity contribution >= 4 is 11.5 Å². The summed E-state index contributed by atoms with van der Waals surface area (Å²) in [6, 6.07) is 31.7. The van der Waals surface area contributed by atoms with Crippen LogP contribution in [0.25, 0.3) is 16.9 Å². The van der Waals surface area contributed by atoms with Crippen LogP contribution in [0, 0.1) is 11.3 Å². The number of aromatic nitrogens is 2. The fourth-order valence-corrected chi connectivity index (χ4v) is 2.85. The molecule has 4 heteroatoms. The molecule has 1 aromatic heterocycles. The first kappa shape index (κ1) is 15.7. The molecule has 0 aliphatic carbocycles. The van der Waals surface area contributed by atoms with Gasteiger partial charge < -0.3 is 5.32 Å². The zero-order valence-corrected chi connectivity index (χ0v) is 14.0. The van der Waals surface area contributed by atoms with Gasteiger partial charge >= 0.3 is 0 Å². The molecule has 0 saturated carbocycles. The van der Waals surface area contributed by atoms with E-state index in [-0.39, 0.29) is 0 Å². The second-order valence-corrected chi connectivity index (χ2v) is 5.79. The van der Waals surface area contributed by atoms with Gasteiger partial charge in [-0.25, -0.2) is 4.68 Å². The van der Waals surface area contributed by atoms with E-state index in [0.717, 1.165) is 16.9 Å². The first-order chi connectivity index (χ1) is 12.9. The summed E-state index contributed by atoms with van der Waals surface area (Å²) in [7, 11) is 0. The van der Waals surface area contributed by atoms with Crippen LogP contribution in [0.3, 0.4) is 0 Å². The van der Waals surface area contributed by atoms with Crippen LogP contribution in [0.15, 0.2) is 91.0 Å². The summed E-state index contributed by atoms with van der Waals surface area (Å²) in [5.41, 5.74) is 3.89. The highest BCUT2D eigenvalue weighted by Gasteiger charge is 2.20. The lowest BCUT2D eigenvalue weighted by molar-refractivity contribution is 0.892. The summed E-state index contributed by atoms with van der Waals surface area (Å²) in [4.78, 5) is 0. The molecule has 0 saturated heterocycles. The van der Waals surface area contributed by atoms with E-state index in [1.165, 1.54) is 0 Å². The number of benzene rings is 3. The minimum Gasteiger partial charge on any atom is -0.339 e. The highest BCUT2D eigenvalue weighted by molar-refractivity contribution is 5.77. The summed E-state index contributed by atoms with van der Waals surface area (Å²) in [6.45, 7) is 0. The maximum Gasteiger partial charge on any atom is 0.152 e. The molecule has 0 aliphatic rings. The third-order valence-electron chi connectivity index (χ3n) is 4.08. The summed E-state index contributed by atoms with van der Waals surface area (Å²) >= 11 is 0. The fraction of sp³-hybridized carbons (Fsp3) is 0. The van der Waals surface area contributed by atoms with Gasteiger partial charge in [0.25, 0.3) is 0 Å². The molecule has 0 radical (unpaired) electrons. The number of hydrogen-bond acceptors (Lipinski definition) is 3. The quantitative estimate of drug-likeness (QED) is 0.560. The first-order valence-corrected chi connectivity index (χ1v) is 8.33. The smallest absolute Gasteiger partial charge is 0.152 e. The average Bonchev–Trinajstić information content (AvgIpc) is 3.08. The molecule has 26 heavy (non-hydrogen) atoms. The van der Waals surface area contributed by atoms with Crippen molar-refractivity contribution in [3.63, 3.8) is 0 Å². The number of rotatable bonds is 4. The molecule has 4 rings (SSSR count). The molecule has 4 nitrogen and oxygen atoms in total. The van der Waals surface area contributed by atoms with E-state index in [1.54, 1.807) is 4.68 Å². The molecule has 1 N–H and O–H groups in total. The lowest BCUT2D eigenvalue weighted by Gasteiger charge is -2.10. The molecule has 0 bridgehead atoms.